The molecule has 3 aromatic carbocycles. The zero-order chi connectivity index (χ0) is 26.2. The summed E-state index contributed by atoms with van der Waals surface area (Å²) in [6, 6.07) is 12.6. The van der Waals surface area contributed by atoms with Gasteiger partial charge < -0.3 is 9.64 Å². The number of hydrogen-bond donors (Lipinski definition) is 0. The molecule has 1 aliphatic heterocycles. The highest BCUT2D eigenvalue weighted by Gasteiger charge is 2.34. The number of benzene rings is 3. The average molecular weight is 504 g/mol. The molecule has 1 atom stereocenters. The normalized spacial score (nSPS) is 16.2. The second-order valence-corrected chi connectivity index (χ2v) is 9.33. The lowest BCUT2D eigenvalue weighted by molar-refractivity contribution is -0.137. The lowest BCUT2D eigenvalue weighted by atomic mass is 9.92. The Morgan fingerprint density at radius 1 is 0.972 bits per heavy atom. The van der Waals surface area contributed by atoms with E-state index in [4.69, 9.17) is 4.74 Å². The van der Waals surface area contributed by atoms with Crippen molar-refractivity contribution < 1.29 is 31.5 Å². The Morgan fingerprint density at radius 2 is 1.72 bits per heavy atom. The number of nitrogens with zero attached hydrogens (tertiary/aromatic N) is 1. The Bertz CT molecular complexity index is 1290. The summed E-state index contributed by atoms with van der Waals surface area (Å²) in [5.74, 6) is -1.95. The number of rotatable bonds is 6. The highest BCUT2D eigenvalue weighted by molar-refractivity contribution is 5.81. The van der Waals surface area contributed by atoms with E-state index in [-0.39, 0.29) is 37.3 Å². The van der Waals surface area contributed by atoms with E-state index in [9.17, 15) is 26.7 Å². The number of halogens is 5. The molecule has 8 heteroatoms. The molecule has 0 aliphatic carbocycles. The Balaban J connectivity index is 1.73. The van der Waals surface area contributed by atoms with Gasteiger partial charge in [0.1, 0.15) is 5.75 Å². The fourth-order valence-electron chi connectivity index (χ4n) is 4.58. The monoisotopic (exact) mass is 503 g/mol. The molecule has 4 rings (SSSR count). The smallest absolute Gasteiger partial charge is 0.416 e. The first kappa shape index (κ1) is 25.7. The van der Waals surface area contributed by atoms with Crippen LogP contribution in [0.25, 0.3) is 11.1 Å². The molecule has 0 bridgehead atoms. The molecule has 1 unspecified atom stereocenters. The molecule has 1 aliphatic rings. The number of likely N-dealkylation sites (tertiary alicyclic amines) is 1. The van der Waals surface area contributed by atoms with Gasteiger partial charge in [-0.25, -0.2) is 8.78 Å². The van der Waals surface area contributed by atoms with Crippen LogP contribution in [0.15, 0.2) is 54.6 Å². The summed E-state index contributed by atoms with van der Waals surface area (Å²) in [4.78, 5) is 14.3. The van der Waals surface area contributed by atoms with Gasteiger partial charge in [0.15, 0.2) is 11.6 Å². The highest BCUT2D eigenvalue weighted by Crippen LogP contribution is 2.39. The van der Waals surface area contributed by atoms with E-state index in [1.165, 1.54) is 24.1 Å². The van der Waals surface area contributed by atoms with Crippen LogP contribution in [0.1, 0.15) is 54.4 Å². The van der Waals surface area contributed by atoms with E-state index in [1.54, 1.807) is 6.07 Å². The van der Waals surface area contributed by atoms with Gasteiger partial charge in [-0.05, 0) is 64.6 Å². The van der Waals surface area contributed by atoms with Gasteiger partial charge in [0.2, 0.25) is 5.91 Å². The fourth-order valence-corrected chi connectivity index (χ4v) is 4.58. The van der Waals surface area contributed by atoms with Gasteiger partial charge in [-0.15, -0.1) is 0 Å². The number of hydrogen-bond acceptors (Lipinski definition) is 2. The Labute approximate surface area is 206 Å². The number of ether oxygens (including phenoxy) is 1. The molecule has 1 fully saturated rings. The van der Waals surface area contributed by atoms with E-state index in [2.05, 4.69) is 0 Å². The number of methoxy groups -OCH3 is 1. The zero-order valence-corrected chi connectivity index (χ0v) is 20.1. The van der Waals surface area contributed by atoms with Crippen molar-refractivity contribution in [3.05, 3.63) is 88.5 Å². The van der Waals surface area contributed by atoms with Crippen LogP contribution >= 0.6 is 0 Å². The van der Waals surface area contributed by atoms with Gasteiger partial charge in [-0.2, -0.15) is 13.2 Å². The maximum atomic E-state index is 13.7. The lowest BCUT2D eigenvalue weighted by Crippen LogP contribution is -2.25. The maximum absolute atomic E-state index is 13.7. The van der Waals surface area contributed by atoms with Crippen LogP contribution < -0.4 is 4.74 Å². The van der Waals surface area contributed by atoms with Crippen LogP contribution in [0, 0.1) is 11.6 Å². The standard InChI is InChI=1S/C28H26F5NO2/c1-16(2)17-5-9-26(36-3)23(11-17)22-7-6-21(28(31,32)33)10-20(22)15-34-14-19(13-27(34)35)18-4-8-24(29)25(30)12-18/h4-12,16,19H,13-15H2,1-3H3. The first-order valence-corrected chi connectivity index (χ1v) is 11.6. The van der Waals surface area contributed by atoms with Crippen molar-refractivity contribution >= 4 is 5.91 Å². The van der Waals surface area contributed by atoms with Gasteiger partial charge in [0.25, 0.3) is 0 Å². The maximum Gasteiger partial charge on any atom is 0.416 e. The van der Waals surface area contributed by atoms with Crippen molar-refractivity contribution in [2.75, 3.05) is 13.7 Å². The van der Waals surface area contributed by atoms with Crippen LogP contribution in [-0.2, 0) is 17.5 Å². The molecule has 3 nitrogen and oxygen atoms in total. The summed E-state index contributed by atoms with van der Waals surface area (Å²) >= 11 is 0. The predicted octanol–water partition coefficient (Wildman–Crippen LogP) is 7.30. The van der Waals surface area contributed by atoms with Gasteiger partial charge in [0.05, 0.1) is 12.7 Å². The van der Waals surface area contributed by atoms with Gasteiger partial charge in [0, 0.05) is 31.0 Å². The molecule has 0 aromatic heterocycles. The molecular formula is C28H26F5NO2. The van der Waals surface area contributed by atoms with E-state index < -0.39 is 23.4 Å². The molecule has 190 valence electrons. The molecular weight excluding hydrogens is 477 g/mol. The summed E-state index contributed by atoms with van der Waals surface area (Å²) in [6.45, 7) is 4.15. The topological polar surface area (TPSA) is 29.5 Å². The summed E-state index contributed by atoms with van der Waals surface area (Å²) in [5.41, 5.74) is 2.14. The summed E-state index contributed by atoms with van der Waals surface area (Å²) in [5, 5.41) is 0. The zero-order valence-electron chi connectivity index (χ0n) is 20.1. The molecule has 1 saturated heterocycles. The number of amides is 1. The lowest BCUT2D eigenvalue weighted by Gasteiger charge is -2.22. The highest BCUT2D eigenvalue weighted by atomic mass is 19.4. The van der Waals surface area contributed by atoms with E-state index in [0.29, 0.717) is 28.0 Å². The van der Waals surface area contributed by atoms with Gasteiger partial charge in [-0.1, -0.05) is 32.0 Å². The predicted molar refractivity (Wildman–Crippen MR) is 127 cm³/mol. The Morgan fingerprint density at radius 3 is 2.36 bits per heavy atom. The third-order valence-corrected chi connectivity index (χ3v) is 6.60. The molecule has 1 amide bonds. The van der Waals surface area contributed by atoms with Crippen LogP contribution in [0.4, 0.5) is 22.0 Å². The third kappa shape index (κ3) is 5.22. The van der Waals surface area contributed by atoms with Crippen LogP contribution in [0.3, 0.4) is 0 Å². The van der Waals surface area contributed by atoms with Crippen LogP contribution in [0.5, 0.6) is 5.75 Å². The van der Waals surface area contributed by atoms with Crippen molar-refractivity contribution in [3.8, 4) is 16.9 Å². The van der Waals surface area contributed by atoms with Crippen LogP contribution in [0.2, 0.25) is 0 Å². The number of alkyl halides is 3. The molecule has 3 aromatic rings. The molecule has 0 saturated carbocycles. The summed E-state index contributed by atoms with van der Waals surface area (Å²) in [6.07, 6.45) is -4.49. The minimum absolute atomic E-state index is 0.0610. The van der Waals surface area contributed by atoms with Crippen molar-refractivity contribution in [2.45, 2.75) is 44.8 Å². The number of carbonyl (C=O) groups is 1. The van der Waals surface area contributed by atoms with Crippen molar-refractivity contribution in [1.29, 1.82) is 0 Å². The van der Waals surface area contributed by atoms with Crippen molar-refractivity contribution in [3.63, 3.8) is 0 Å². The van der Waals surface area contributed by atoms with Crippen LogP contribution in [-0.4, -0.2) is 24.5 Å². The SMILES string of the molecule is COc1ccc(C(C)C)cc1-c1ccc(C(F)(F)F)cc1CN1CC(c2ccc(F)c(F)c2)CC1=O. The Hall–Kier alpha value is -3.42. The van der Waals surface area contributed by atoms with Gasteiger partial charge in [-0.3, -0.25) is 4.79 Å². The van der Waals surface area contributed by atoms with E-state index in [0.717, 1.165) is 29.8 Å². The minimum Gasteiger partial charge on any atom is -0.496 e. The van der Waals surface area contributed by atoms with E-state index in [1.807, 2.05) is 26.0 Å². The second-order valence-electron chi connectivity index (χ2n) is 9.33. The molecule has 36 heavy (non-hydrogen) atoms. The largest absolute Gasteiger partial charge is 0.496 e. The molecule has 0 radical (unpaired) electrons. The first-order valence-electron chi connectivity index (χ1n) is 11.6. The molecule has 1 heterocycles. The molecule has 0 spiro atoms. The van der Waals surface area contributed by atoms with Gasteiger partial charge >= 0.3 is 6.18 Å². The Kier molecular flexibility index (Phi) is 7.07. The van der Waals surface area contributed by atoms with E-state index >= 15 is 0 Å². The number of carbonyl (C=O) groups excluding carboxylic acids is 1. The fraction of sp³-hybridized carbons (Fsp3) is 0.321. The quantitative estimate of drug-likeness (QED) is 0.331. The van der Waals surface area contributed by atoms with Crippen molar-refractivity contribution in [1.82, 2.24) is 4.90 Å². The van der Waals surface area contributed by atoms with Crippen molar-refractivity contribution in [2.24, 2.45) is 0 Å². The summed E-state index contributed by atoms with van der Waals surface area (Å²) < 4.78 is 73.4. The minimum atomic E-state index is -4.56. The first-order chi connectivity index (χ1) is 17.0. The molecule has 0 N–H and O–H groups in total. The second kappa shape index (κ2) is 9.91. The third-order valence-electron chi connectivity index (χ3n) is 6.60. The average Bonchev–Trinajstić information content (AvgIpc) is 3.19. The summed E-state index contributed by atoms with van der Waals surface area (Å²) in [7, 11) is 1.49.